The highest BCUT2D eigenvalue weighted by atomic mass is 16.5. The van der Waals surface area contributed by atoms with Gasteiger partial charge in [0, 0.05) is 46.5 Å². The molecular formula is C15H29N3O2. The van der Waals surface area contributed by atoms with Crippen LogP contribution in [0, 0.1) is 5.92 Å². The minimum atomic E-state index is 0.404. The molecule has 0 radical (unpaired) electrons. The highest BCUT2D eigenvalue weighted by Crippen LogP contribution is 2.29. The second kappa shape index (κ2) is 7.84. The fourth-order valence-corrected chi connectivity index (χ4v) is 2.67. The number of nitrogens with one attached hydrogen (secondary N) is 1. The van der Waals surface area contributed by atoms with E-state index in [1.165, 1.54) is 6.42 Å². The van der Waals surface area contributed by atoms with E-state index < -0.39 is 0 Å². The van der Waals surface area contributed by atoms with E-state index in [0.29, 0.717) is 12.1 Å². The molecule has 2 aliphatic rings. The summed E-state index contributed by atoms with van der Waals surface area (Å²) >= 11 is 0. The van der Waals surface area contributed by atoms with E-state index in [1.807, 2.05) is 7.05 Å². The molecule has 1 saturated heterocycles. The summed E-state index contributed by atoms with van der Waals surface area (Å²) in [6.45, 7) is 5.95. The van der Waals surface area contributed by atoms with E-state index >= 15 is 0 Å². The summed E-state index contributed by atoms with van der Waals surface area (Å²) in [5, 5.41) is 3.55. The second-order valence-electron chi connectivity index (χ2n) is 5.91. The molecule has 2 rings (SSSR count). The van der Waals surface area contributed by atoms with Crippen LogP contribution in [0.15, 0.2) is 4.99 Å². The van der Waals surface area contributed by atoms with Crippen LogP contribution in [0.5, 0.6) is 0 Å². The highest BCUT2D eigenvalue weighted by molar-refractivity contribution is 5.80. The van der Waals surface area contributed by atoms with Gasteiger partial charge in [-0.3, -0.25) is 4.99 Å². The monoisotopic (exact) mass is 283 g/mol. The van der Waals surface area contributed by atoms with Gasteiger partial charge >= 0.3 is 0 Å². The van der Waals surface area contributed by atoms with Gasteiger partial charge in [0.25, 0.3) is 0 Å². The molecule has 2 atom stereocenters. The van der Waals surface area contributed by atoms with E-state index in [-0.39, 0.29) is 0 Å². The number of likely N-dealkylation sites (tertiary alicyclic amines) is 1. The lowest BCUT2D eigenvalue weighted by molar-refractivity contribution is 0.00989. The number of piperidine rings is 1. The van der Waals surface area contributed by atoms with Crippen molar-refractivity contribution in [1.29, 1.82) is 0 Å². The van der Waals surface area contributed by atoms with Gasteiger partial charge in [0.2, 0.25) is 0 Å². The van der Waals surface area contributed by atoms with Gasteiger partial charge < -0.3 is 19.7 Å². The largest absolute Gasteiger partial charge is 0.385 e. The summed E-state index contributed by atoms with van der Waals surface area (Å²) < 4.78 is 10.9. The number of hydrogen-bond donors (Lipinski definition) is 1. The predicted molar refractivity (Wildman–Crippen MR) is 81.1 cm³/mol. The van der Waals surface area contributed by atoms with E-state index in [4.69, 9.17) is 9.47 Å². The Morgan fingerprint density at radius 1 is 1.30 bits per heavy atom. The third-order valence-corrected chi connectivity index (χ3v) is 4.22. The molecule has 0 aromatic rings. The maximum Gasteiger partial charge on any atom is 0.193 e. The summed E-state index contributed by atoms with van der Waals surface area (Å²) in [4.78, 5) is 6.77. The van der Waals surface area contributed by atoms with E-state index in [0.717, 1.165) is 57.4 Å². The summed E-state index contributed by atoms with van der Waals surface area (Å²) in [6.07, 6.45) is 4.85. The number of hydrogen-bond acceptors (Lipinski definition) is 3. The summed E-state index contributed by atoms with van der Waals surface area (Å²) in [5.74, 6) is 1.87. The van der Waals surface area contributed by atoms with Crippen molar-refractivity contribution in [2.45, 2.75) is 44.8 Å². The van der Waals surface area contributed by atoms with Crippen LogP contribution in [0.1, 0.15) is 32.6 Å². The van der Waals surface area contributed by atoms with Gasteiger partial charge in [0.05, 0.1) is 6.10 Å². The van der Waals surface area contributed by atoms with Crippen LogP contribution in [0.25, 0.3) is 0 Å². The molecule has 0 aromatic carbocycles. The van der Waals surface area contributed by atoms with Gasteiger partial charge in [-0.2, -0.15) is 0 Å². The normalized spacial score (nSPS) is 27.8. The zero-order chi connectivity index (χ0) is 14.4. The van der Waals surface area contributed by atoms with E-state index in [1.54, 1.807) is 7.11 Å². The Hall–Kier alpha value is -0.810. The van der Waals surface area contributed by atoms with Crippen LogP contribution in [0.4, 0.5) is 0 Å². The molecule has 0 spiro atoms. The predicted octanol–water partition coefficient (Wildman–Crippen LogP) is 1.49. The quantitative estimate of drug-likeness (QED) is 0.456. The maximum absolute atomic E-state index is 5.89. The first-order chi connectivity index (χ1) is 9.74. The minimum absolute atomic E-state index is 0.404. The number of ether oxygens (including phenoxy) is 2. The molecule has 0 bridgehead atoms. The molecule has 1 N–H and O–H groups in total. The van der Waals surface area contributed by atoms with Crippen LogP contribution in [-0.2, 0) is 9.47 Å². The Bertz CT molecular complexity index is 314. The van der Waals surface area contributed by atoms with Crippen molar-refractivity contribution in [2.75, 3.05) is 40.5 Å². The number of aliphatic imine (C=N–C) groups is 1. The zero-order valence-electron chi connectivity index (χ0n) is 13.1. The third kappa shape index (κ3) is 4.63. The number of guanidine groups is 1. The lowest BCUT2D eigenvalue weighted by Gasteiger charge is -2.34. The molecule has 2 fully saturated rings. The second-order valence-corrected chi connectivity index (χ2v) is 5.91. The Labute approximate surface area is 122 Å². The average Bonchev–Trinajstić information content (AvgIpc) is 3.17. The molecular weight excluding hydrogens is 254 g/mol. The van der Waals surface area contributed by atoms with Crippen molar-refractivity contribution in [2.24, 2.45) is 10.9 Å². The average molecular weight is 283 g/mol. The molecule has 1 saturated carbocycles. The van der Waals surface area contributed by atoms with Crippen LogP contribution in [-0.4, -0.2) is 63.5 Å². The zero-order valence-corrected chi connectivity index (χ0v) is 13.1. The van der Waals surface area contributed by atoms with E-state index in [2.05, 4.69) is 22.1 Å². The van der Waals surface area contributed by atoms with Crippen molar-refractivity contribution < 1.29 is 9.47 Å². The van der Waals surface area contributed by atoms with Crippen molar-refractivity contribution in [1.82, 2.24) is 10.2 Å². The van der Waals surface area contributed by atoms with Crippen molar-refractivity contribution >= 4 is 5.96 Å². The molecule has 1 aliphatic heterocycles. The molecule has 116 valence electrons. The third-order valence-electron chi connectivity index (χ3n) is 4.22. The standard InChI is InChI=1S/C15H29N3O2/c1-12-11-14(12)17-15(16-2)18-7-5-13(6-8-18)20-10-4-9-19-3/h12-14H,4-11H2,1-3H3,(H,16,17)/t12-,14-/m1/s1. The first-order valence-corrected chi connectivity index (χ1v) is 7.83. The molecule has 1 aliphatic carbocycles. The molecule has 0 unspecified atom stereocenters. The molecule has 20 heavy (non-hydrogen) atoms. The van der Waals surface area contributed by atoms with Crippen LogP contribution < -0.4 is 5.32 Å². The number of methoxy groups -OCH3 is 1. The SMILES string of the molecule is CN=C(N[C@@H]1C[C@H]1C)N1CCC(OCCCOC)CC1. The van der Waals surface area contributed by atoms with Gasteiger partial charge in [0.15, 0.2) is 5.96 Å². The molecule has 5 heteroatoms. The van der Waals surface area contributed by atoms with Gasteiger partial charge in [-0.25, -0.2) is 0 Å². The van der Waals surface area contributed by atoms with Crippen molar-refractivity contribution in [3.05, 3.63) is 0 Å². The lowest BCUT2D eigenvalue weighted by Crippen LogP contribution is -2.47. The fourth-order valence-electron chi connectivity index (χ4n) is 2.67. The summed E-state index contributed by atoms with van der Waals surface area (Å²) in [6, 6.07) is 0.636. The first kappa shape index (κ1) is 15.6. The highest BCUT2D eigenvalue weighted by Gasteiger charge is 2.34. The van der Waals surface area contributed by atoms with Gasteiger partial charge in [0.1, 0.15) is 0 Å². The Morgan fingerprint density at radius 2 is 2.00 bits per heavy atom. The van der Waals surface area contributed by atoms with Crippen LogP contribution >= 0.6 is 0 Å². The van der Waals surface area contributed by atoms with Gasteiger partial charge in [-0.05, 0) is 31.6 Å². The minimum Gasteiger partial charge on any atom is -0.385 e. The smallest absolute Gasteiger partial charge is 0.193 e. The Morgan fingerprint density at radius 3 is 2.55 bits per heavy atom. The van der Waals surface area contributed by atoms with Crippen LogP contribution in [0.3, 0.4) is 0 Å². The summed E-state index contributed by atoms with van der Waals surface area (Å²) in [7, 11) is 3.61. The lowest BCUT2D eigenvalue weighted by atomic mass is 10.1. The van der Waals surface area contributed by atoms with Crippen LogP contribution in [0.2, 0.25) is 0 Å². The molecule has 0 amide bonds. The fraction of sp³-hybridized carbons (Fsp3) is 0.933. The van der Waals surface area contributed by atoms with E-state index in [9.17, 15) is 0 Å². The van der Waals surface area contributed by atoms with Crippen molar-refractivity contribution in [3.8, 4) is 0 Å². The molecule has 5 nitrogen and oxygen atoms in total. The maximum atomic E-state index is 5.89. The number of rotatable bonds is 6. The first-order valence-electron chi connectivity index (χ1n) is 7.83. The Balaban J connectivity index is 1.65. The topological polar surface area (TPSA) is 46.1 Å². The van der Waals surface area contributed by atoms with Gasteiger partial charge in [-0.1, -0.05) is 6.92 Å². The number of nitrogens with zero attached hydrogens (tertiary/aromatic N) is 2. The molecule has 1 heterocycles. The molecule has 0 aromatic heterocycles. The Kier molecular flexibility index (Phi) is 6.10. The van der Waals surface area contributed by atoms with Gasteiger partial charge in [-0.15, -0.1) is 0 Å². The summed E-state index contributed by atoms with van der Waals surface area (Å²) in [5.41, 5.74) is 0. The van der Waals surface area contributed by atoms with Crippen molar-refractivity contribution in [3.63, 3.8) is 0 Å².